The van der Waals surface area contributed by atoms with Crippen molar-refractivity contribution in [3.8, 4) is 0 Å². The molecule has 0 amide bonds. The van der Waals surface area contributed by atoms with E-state index >= 15 is 0 Å². The Morgan fingerprint density at radius 1 is 0.548 bits per heavy atom. The number of hydrogen-bond acceptors (Lipinski definition) is 11. The van der Waals surface area contributed by atoms with Gasteiger partial charge < -0.3 is 28.4 Å². The van der Waals surface area contributed by atoms with E-state index < -0.39 is 28.2 Å². The maximum absolute atomic E-state index is 11.7. The van der Waals surface area contributed by atoms with Gasteiger partial charge in [0.05, 0.1) is 36.1 Å². The van der Waals surface area contributed by atoms with E-state index in [9.17, 15) is 24.0 Å². The second-order valence-corrected chi connectivity index (χ2v) is 11.4. The molecule has 0 radical (unpaired) electrons. The summed E-state index contributed by atoms with van der Waals surface area (Å²) in [4.78, 5) is 57.0. The first kappa shape index (κ1) is 41.2. The molecule has 0 spiro atoms. The summed E-state index contributed by atoms with van der Waals surface area (Å²) in [5, 5.41) is 0. The van der Waals surface area contributed by atoms with Crippen LogP contribution in [0, 0.1) is 16.2 Å². The van der Waals surface area contributed by atoms with Crippen LogP contribution in [-0.4, -0.2) is 76.1 Å². The summed E-state index contributed by atoms with van der Waals surface area (Å²) in [5.74, 6) is -1.68. The molecule has 0 aliphatic heterocycles. The van der Waals surface area contributed by atoms with Crippen LogP contribution in [0.1, 0.15) is 94.4 Å². The number of carbonyl (C=O) groups is 5. The van der Waals surface area contributed by atoms with Crippen molar-refractivity contribution in [2.24, 2.45) is 16.2 Å². The minimum absolute atomic E-state index is 0.0246. The summed E-state index contributed by atoms with van der Waals surface area (Å²) < 4.78 is 30.2. The highest BCUT2D eigenvalue weighted by Crippen LogP contribution is 2.22. The van der Waals surface area contributed by atoms with Crippen molar-refractivity contribution in [1.82, 2.24) is 0 Å². The predicted molar refractivity (Wildman–Crippen MR) is 157 cm³/mol. The van der Waals surface area contributed by atoms with Crippen LogP contribution in [0.4, 0.5) is 0 Å². The summed E-state index contributed by atoms with van der Waals surface area (Å²) in [7, 11) is 0. The van der Waals surface area contributed by atoms with E-state index in [2.05, 4.69) is 6.58 Å². The molecule has 0 saturated heterocycles. The Labute approximate surface area is 251 Å². The molecule has 0 N–H and O–H groups in total. The van der Waals surface area contributed by atoms with Gasteiger partial charge in [-0.15, -0.1) is 0 Å². The first-order chi connectivity index (χ1) is 19.5. The molecule has 244 valence electrons. The van der Waals surface area contributed by atoms with Crippen molar-refractivity contribution in [3.05, 3.63) is 12.7 Å². The summed E-state index contributed by atoms with van der Waals surface area (Å²) >= 11 is 0. The first-order valence-corrected chi connectivity index (χ1v) is 14.5. The molecular formula is C31H54O11. The molecule has 11 nitrogen and oxygen atoms in total. The van der Waals surface area contributed by atoms with Crippen molar-refractivity contribution < 1.29 is 52.4 Å². The summed E-state index contributed by atoms with van der Waals surface area (Å²) in [6.07, 6.45) is 3.71. The van der Waals surface area contributed by atoms with E-state index in [4.69, 9.17) is 28.4 Å². The number of rotatable bonds is 20. The van der Waals surface area contributed by atoms with Gasteiger partial charge in [0.2, 0.25) is 0 Å². The zero-order chi connectivity index (χ0) is 32.8. The lowest BCUT2D eigenvalue weighted by Gasteiger charge is -2.21. The lowest BCUT2D eigenvalue weighted by Crippen LogP contribution is -2.28. The van der Waals surface area contributed by atoms with Crippen LogP contribution in [0.5, 0.6) is 0 Å². The third-order valence-corrected chi connectivity index (χ3v) is 6.75. The average molecular weight is 603 g/mol. The monoisotopic (exact) mass is 602 g/mol. The minimum Gasteiger partial charge on any atom is -0.463 e. The van der Waals surface area contributed by atoms with E-state index in [1.807, 2.05) is 48.5 Å². The third-order valence-electron chi connectivity index (χ3n) is 6.75. The molecule has 0 fully saturated rings. The van der Waals surface area contributed by atoms with Crippen molar-refractivity contribution in [2.45, 2.75) is 94.4 Å². The first-order valence-electron chi connectivity index (χ1n) is 14.5. The highest BCUT2D eigenvalue weighted by molar-refractivity contribution is 5.81. The van der Waals surface area contributed by atoms with E-state index in [1.165, 1.54) is 0 Å². The van der Waals surface area contributed by atoms with Gasteiger partial charge in [-0.3, -0.25) is 19.2 Å². The number of esters is 5. The topological polar surface area (TPSA) is 141 Å². The van der Waals surface area contributed by atoms with E-state index in [0.717, 1.165) is 18.9 Å². The second kappa shape index (κ2) is 21.7. The van der Waals surface area contributed by atoms with Gasteiger partial charge in [-0.05, 0) is 67.2 Å². The Morgan fingerprint density at radius 3 is 1.26 bits per heavy atom. The Hall–Kier alpha value is -2.95. The zero-order valence-corrected chi connectivity index (χ0v) is 27.3. The Balaban J connectivity index is 0. The van der Waals surface area contributed by atoms with Crippen molar-refractivity contribution in [2.75, 3.05) is 46.2 Å². The molecule has 0 aliphatic carbocycles. The summed E-state index contributed by atoms with van der Waals surface area (Å²) in [6.45, 7) is 21.3. The van der Waals surface area contributed by atoms with E-state index in [0.29, 0.717) is 26.1 Å². The molecule has 0 unspecified atom stereocenters. The molecule has 0 aromatic carbocycles. The Morgan fingerprint density at radius 2 is 0.905 bits per heavy atom. The molecule has 0 heterocycles. The van der Waals surface area contributed by atoms with Crippen LogP contribution >= 0.6 is 0 Å². The summed E-state index contributed by atoms with van der Waals surface area (Å²) in [6, 6.07) is 0. The lowest BCUT2D eigenvalue weighted by atomic mass is 9.91. The standard InChI is InChI=1S/C16H30O5.C15H24O6/c1-7-15(3,4)13(17)20-11-9-19-10-12-21-14(18)16(5,6)8-2;1-5-12(16)19-9-7-8-13(17)20-10-11-21-14(18)15(3,4)6-2/h7-12H2,1-6H3;5H,1,6-11H2,2-4H3. The molecule has 0 saturated carbocycles. The molecule has 11 heteroatoms. The third kappa shape index (κ3) is 19.2. The predicted octanol–water partition coefficient (Wildman–Crippen LogP) is 4.98. The van der Waals surface area contributed by atoms with Crippen molar-refractivity contribution in [1.29, 1.82) is 0 Å². The maximum Gasteiger partial charge on any atom is 0.330 e. The molecule has 0 aromatic heterocycles. The summed E-state index contributed by atoms with van der Waals surface area (Å²) in [5.41, 5.74) is -1.44. The van der Waals surface area contributed by atoms with Gasteiger partial charge in [0, 0.05) is 12.5 Å². The quantitative estimate of drug-likeness (QED) is 0.0806. The fraction of sp³-hybridized carbons (Fsp3) is 0.774. The largest absolute Gasteiger partial charge is 0.463 e. The Kier molecular flexibility index (Phi) is 21.3. The van der Waals surface area contributed by atoms with E-state index in [-0.39, 0.29) is 57.4 Å². The van der Waals surface area contributed by atoms with Gasteiger partial charge in [0.25, 0.3) is 0 Å². The lowest BCUT2D eigenvalue weighted by molar-refractivity contribution is -0.159. The fourth-order valence-electron chi connectivity index (χ4n) is 2.32. The van der Waals surface area contributed by atoms with E-state index in [1.54, 1.807) is 13.8 Å². The highest BCUT2D eigenvalue weighted by atomic mass is 16.6. The molecule has 0 bridgehead atoms. The number of carbonyl (C=O) groups excluding carboxylic acids is 5. The van der Waals surface area contributed by atoms with Crippen LogP contribution in [0.15, 0.2) is 12.7 Å². The molecule has 0 atom stereocenters. The van der Waals surface area contributed by atoms with Crippen molar-refractivity contribution >= 4 is 29.8 Å². The van der Waals surface area contributed by atoms with Gasteiger partial charge in [0.15, 0.2) is 0 Å². The van der Waals surface area contributed by atoms with Gasteiger partial charge >= 0.3 is 29.8 Å². The van der Waals surface area contributed by atoms with Crippen LogP contribution in [0.2, 0.25) is 0 Å². The van der Waals surface area contributed by atoms with Gasteiger partial charge in [0.1, 0.15) is 26.4 Å². The molecule has 0 aliphatic rings. The average Bonchev–Trinajstić information content (AvgIpc) is 2.96. The SMILES string of the molecule is C=CC(=O)OCCCC(=O)OCCOC(=O)C(C)(C)CC.CCC(C)(C)C(=O)OCCOCCOC(=O)C(C)(C)CC. The molecule has 0 rings (SSSR count). The second-order valence-electron chi connectivity index (χ2n) is 11.4. The zero-order valence-electron chi connectivity index (χ0n) is 27.3. The molecule has 0 aromatic rings. The van der Waals surface area contributed by atoms with Crippen LogP contribution in [-0.2, 0) is 52.4 Å². The van der Waals surface area contributed by atoms with Crippen LogP contribution in [0.25, 0.3) is 0 Å². The van der Waals surface area contributed by atoms with Crippen LogP contribution in [0.3, 0.4) is 0 Å². The highest BCUT2D eigenvalue weighted by Gasteiger charge is 2.28. The van der Waals surface area contributed by atoms with Gasteiger partial charge in [-0.25, -0.2) is 4.79 Å². The van der Waals surface area contributed by atoms with Crippen LogP contribution < -0.4 is 0 Å². The van der Waals surface area contributed by atoms with Crippen molar-refractivity contribution in [3.63, 3.8) is 0 Å². The fourth-order valence-corrected chi connectivity index (χ4v) is 2.32. The number of ether oxygens (including phenoxy) is 6. The molecular weight excluding hydrogens is 548 g/mol. The van der Waals surface area contributed by atoms with Gasteiger partial charge in [-0.1, -0.05) is 27.4 Å². The minimum atomic E-state index is -0.529. The van der Waals surface area contributed by atoms with Gasteiger partial charge in [-0.2, -0.15) is 0 Å². The maximum atomic E-state index is 11.7. The Bertz CT molecular complexity index is 812. The smallest absolute Gasteiger partial charge is 0.330 e. The number of hydrogen-bond donors (Lipinski definition) is 0. The normalized spacial score (nSPS) is 11.4. The molecule has 42 heavy (non-hydrogen) atoms.